The van der Waals surface area contributed by atoms with Gasteiger partial charge in [0.05, 0.1) is 6.10 Å². The van der Waals surface area contributed by atoms with Crippen LogP contribution in [-0.2, 0) is 0 Å². The Labute approximate surface area is 112 Å². The monoisotopic (exact) mass is 268 g/mol. The number of urea groups is 1. The van der Waals surface area contributed by atoms with E-state index in [2.05, 4.69) is 5.32 Å². The van der Waals surface area contributed by atoms with E-state index >= 15 is 0 Å². The van der Waals surface area contributed by atoms with Gasteiger partial charge in [-0.3, -0.25) is 0 Å². The molecule has 1 saturated heterocycles. The first-order chi connectivity index (χ1) is 8.56. The average Bonchev–Trinajstić information content (AvgIpc) is 2.81. The molecule has 2 unspecified atom stereocenters. The first kappa shape index (κ1) is 13.2. The second-order valence-electron chi connectivity index (χ2n) is 4.67. The van der Waals surface area contributed by atoms with Crippen LogP contribution in [0.2, 0.25) is 5.02 Å². The Morgan fingerprint density at radius 3 is 2.72 bits per heavy atom. The number of halogens is 1. The second kappa shape index (κ2) is 5.59. The summed E-state index contributed by atoms with van der Waals surface area (Å²) in [5, 5.41) is 13.0. The lowest BCUT2D eigenvalue weighted by molar-refractivity contribution is 0.130. The van der Waals surface area contributed by atoms with Crippen molar-refractivity contribution in [2.75, 3.05) is 18.4 Å². The van der Waals surface area contributed by atoms with Gasteiger partial charge in [-0.2, -0.15) is 0 Å². The third-order valence-electron chi connectivity index (χ3n) is 3.29. The van der Waals surface area contributed by atoms with Gasteiger partial charge in [0.1, 0.15) is 0 Å². The molecule has 18 heavy (non-hydrogen) atoms. The molecule has 0 aliphatic carbocycles. The zero-order valence-corrected chi connectivity index (χ0v) is 11.0. The molecule has 0 bridgehead atoms. The molecule has 0 saturated carbocycles. The van der Waals surface area contributed by atoms with Crippen LogP contribution < -0.4 is 5.32 Å². The molecule has 1 aliphatic rings. The molecule has 1 aromatic rings. The molecule has 1 fully saturated rings. The summed E-state index contributed by atoms with van der Waals surface area (Å²) in [5.41, 5.74) is 0.727. The van der Waals surface area contributed by atoms with Gasteiger partial charge < -0.3 is 15.3 Å². The highest BCUT2D eigenvalue weighted by atomic mass is 35.5. The number of carbonyl (C=O) groups is 1. The quantitative estimate of drug-likeness (QED) is 0.866. The van der Waals surface area contributed by atoms with E-state index in [1.165, 1.54) is 0 Å². The van der Waals surface area contributed by atoms with E-state index in [4.69, 9.17) is 11.6 Å². The van der Waals surface area contributed by atoms with Crippen LogP contribution in [0.3, 0.4) is 0 Å². The minimum absolute atomic E-state index is 0.125. The molecule has 2 amide bonds. The van der Waals surface area contributed by atoms with Crippen LogP contribution in [0.5, 0.6) is 0 Å². The Morgan fingerprint density at radius 1 is 1.50 bits per heavy atom. The van der Waals surface area contributed by atoms with Crippen LogP contribution in [0.1, 0.15) is 13.3 Å². The topological polar surface area (TPSA) is 52.6 Å². The fraction of sp³-hybridized carbons (Fsp3) is 0.462. The maximum atomic E-state index is 12.0. The van der Waals surface area contributed by atoms with Gasteiger partial charge in [-0.05, 0) is 37.6 Å². The lowest BCUT2D eigenvalue weighted by Crippen LogP contribution is -2.34. The minimum Gasteiger partial charge on any atom is -0.393 e. The maximum absolute atomic E-state index is 12.0. The number of hydrogen-bond donors (Lipinski definition) is 2. The highest BCUT2D eigenvalue weighted by Crippen LogP contribution is 2.21. The van der Waals surface area contributed by atoms with E-state index in [-0.39, 0.29) is 18.1 Å². The summed E-state index contributed by atoms with van der Waals surface area (Å²) in [6.07, 6.45) is 0.490. The van der Waals surface area contributed by atoms with Gasteiger partial charge in [0.15, 0.2) is 0 Å². The Bertz CT molecular complexity index is 420. The lowest BCUT2D eigenvalue weighted by Gasteiger charge is -2.18. The molecule has 0 aromatic heterocycles. The van der Waals surface area contributed by atoms with Crippen LogP contribution in [0.4, 0.5) is 10.5 Å². The summed E-state index contributed by atoms with van der Waals surface area (Å²) in [5.74, 6) is 0.181. The van der Waals surface area contributed by atoms with Crippen molar-refractivity contribution in [1.29, 1.82) is 0 Å². The molecular formula is C13H17ClN2O2. The molecule has 2 N–H and O–H groups in total. The average molecular weight is 269 g/mol. The second-order valence-corrected chi connectivity index (χ2v) is 5.11. The van der Waals surface area contributed by atoms with Gasteiger partial charge in [-0.15, -0.1) is 0 Å². The molecule has 5 heteroatoms. The first-order valence-corrected chi connectivity index (χ1v) is 6.43. The predicted molar refractivity (Wildman–Crippen MR) is 71.8 cm³/mol. The zero-order valence-electron chi connectivity index (χ0n) is 10.3. The summed E-state index contributed by atoms with van der Waals surface area (Å²) >= 11 is 5.78. The van der Waals surface area contributed by atoms with Crippen molar-refractivity contribution < 1.29 is 9.90 Å². The number of hydrogen-bond acceptors (Lipinski definition) is 2. The summed E-state index contributed by atoms with van der Waals surface area (Å²) in [6.45, 7) is 3.07. The van der Waals surface area contributed by atoms with Crippen molar-refractivity contribution in [3.63, 3.8) is 0 Å². The number of nitrogens with zero attached hydrogens (tertiary/aromatic N) is 1. The van der Waals surface area contributed by atoms with Crippen LogP contribution in [0.15, 0.2) is 24.3 Å². The maximum Gasteiger partial charge on any atom is 0.321 e. The molecule has 0 spiro atoms. The van der Waals surface area contributed by atoms with Crippen molar-refractivity contribution in [3.8, 4) is 0 Å². The largest absolute Gasteiger partial charge is 0.393 e. The summed E-state index contributed by atoms with van der Waals surface area (Å²) in [4.78, 5) is 13.7. The van der Waals surface area contributed by atoms with Gasteiger partial charge in [-0.1, -0.05) is 11.6 Å². The number of aliphatic hydroxyl groups excluding tert-OH is 1. The van der Waals surface area contributed by atoms with E-state index in [1.54, 1.807) is 36.1 Å². The Kier molecular flexibility index (Phi) is 4.09. The highest BCUT2D eigenvalue weighted by Gasteiger charge is 2.28. The van der Waals surface area contributed by atoms with E-state index in [0.717, 1.165) is 12.1 Å². The fourth-order valence-corrected chi connectivity index (χ4v) is 2.23. The number of likely N-dealkylation sites (tertiary alicyclic amines) is 1. The molecule has 0 radical (unpaired) electrons. The molecule has 2 rings (SSSR count). The van der Waals surface area contributed by atoms with E-state index in [0.29, 0.717) is 18.1 Å². The Balaban J connectivity index is 1.91. The zero-order chi connectivity index (χ0) is 13.1. The number of carbonyl (C=O) groups excluding carboxylic acids is 1. The highest BCUT2D eigenvalue weighted by molar-refractivity contribution is 6.30. The summed E-state index contributed by atoms with van der Waals surface area (Å²) in [6, 6.07) is 6.88. The third-order valence-corrected chi connectivity index (χ3v) is 3.54. The summed E-state index contributed by atoms with van der Waals surface area (Å²) < 4.78 is 0. The molecule has 1 heterocycles. The van der Waals surface area contributed by atoms with Crippen molar-refractivity contribution in [2.24, 2.45) is 5.92 Å². The normalized spacial score (nSPS) is 20.8. The van der Waals surface area contributed by atoms with Crippen molar-refractivity contribution in [1.82, 2.24) is 4.90 Å². The predicted octanol–water partition coefficient (Wildman–Crippen LogP) is 2.57. The van der Waals surface area contributed by atoms with Crippen LogP contribution in [0, 0.1) is 5.92 Å². The van der Waals surface area contributed by atoms with Gasteiger partial charge in [-0.25, -0.2) is 4.79 Å². The van der Waals surface area contributed by atoms with Crippen molar-refractivity contribution in [2.45, 2.75) is 19.4 Å². The number of amides is 2. The van der Waals surface area contributed by atoms with E-state index in [1.807, 2.05) is 0 Å². The first-order valence-electron chi connectivity index (χ1n) is 6.06. The molecule has 98 valence electrons. The third kappa shape index (κ3) is 3.15. The van der Waals surface area contributed by atoms with Crippen LogP contribution >= 0.6 is 11.6 Å². The molecule has 1 aromatic carbocycles. The number of benzene rings is 1. The Morgan fingerprint density at radius 2 is 2.17 bits per heavy atom. The van der Waals surface area contributed by atoms with Gasteiger partial charge in [0.2, 0.25) is 0 Å². The van der Waals surface area contributed by atoms with Crippen molar-refractivity contribution >= 4 is 23.3 Å². The number of rotatable bonds is 2. The van der Waals surface area contributed by atoms with E-state index < -0.39 is 0 Å². The van der Waals surface area contributed by atoms with Gasteiger partial charge in [0.25, 0.3) is 0 Å². The standard InChI is InChI=1S/C13H17ClN2O2/c1-9(17)10-6-7-16(8-10)13(18)15-12-4-2-11(14)3-5-12/h2-5,9-10,17H,6-8H2,1H3,(H,15,18). The lowest BCUT2D eigenvalue weighted by atomic mass is 10.0. The van der Waals surface area contributed by atoms with Crippen LogP contribution in [0.25, 0.3) is 0 Å². The smallest absolute Gasteiger partial charge is 0.321 e. The summed E-state index contributed by atoms with van der Waals surface area (Å²) in [7, 11) is 0. The van der Waals surface area contributed by atoms with Crippen LogP contribution in [-0.4, -0.2) is 35.2 Å². The minimum atomic E-state index is -0.363. The Hall–Kier alpha value is -1.26. The molecule has 2 atom stereocenters. The molecule has 4 nitrogen and oxygen atoms in total. The van der Waals surface area contributed by atoms with Gasteiger partial charge >= 0.3 is 6.03 Å². The van der Waals surface area contributed by atoms with Gasteiger partial charge in [0, 0.05) is 29.7 Å². The van der Waals surface area contributed by atoms with E-state index in [9.17, 15) is 9.90 Å². The van der Waals surface area contributed by atoms with Crippen molar-refractivity contribution in [3.05, 3.63) is 29.3 Å². The molecule has 1 aliphatic heterocycles. The number of anilines is 1. The SMILES string of the molecule is CC(O)C1CCN(C(=O)Nc2ccc(Cl)cc2)C1. The molecular weight excluding hydrogens is 252 g/mol. The number of nitrogens with one attached hydrogen (secondary N) is 1. The number of aliphatic hydroxyl groups is 1. The fourth-order valence-electron chi connectivity index (χ4n) is 2.10.